The lowest BCUT2D eigenvalue weighted by Gasteiger charge is -2.51. The number of ether oxygens (including phenoxy) is 5. The first-order chi connectivity index (χ1) is 15.0. The van der Waals surface area contributed by atoms with Gasteiger partial charge in [0.25, 0.3) is 0 Å². The minimum absolute atomic E-state index is 0.0635. The third-order valence-electron chi connectivity index (χ3n) is 4.76. The van der Waals surface area contributed by atoms with E-state index < -0.39 is 65.3 Å². The number of esters is 4. The van der Waals surface area contributed by atoms with E-state index in [4.69, 9.17) is 23.7 Å². The molecule has 188 valence electrons. The molecule has 0 aliphatic carbocycles. The van der Waals surface area contributed by atoms with Gasteiger partial charge in [0.1, 0.15) is 18.3 Å². The van der Waals surface area contributed by atoms with Crippen LogP contribution in [-0.2, 0) is 47.7 Å². The molecule has 11 nitrogen and oxygen atoms in total. The lowest BCUT2D eigenvalue weighted by Crippen LogP contribution is -2.70. The van der Waals surface area contributed by atoms with Crippen LogP contribution < -0.4 is 5.32 Å². The summed E-state index contributed by atoms with van der Waals surface area (Å²) in [6.07, 6.45) is -3.40. The van der Waals surface area contributed by atoms with Crippen LogP contribution in [0.3, 0.4) is 0 Å². The molecule has 1 amide bonds. The molecule has 1 aliphatic rings. The Kier molecular flexibility index (Phi) is 9.83. The summed E-state index contributed by atoms with van der Waals surface area (Å²) >= 11 is 0. The molecule has 0 saturated carbocycles. The number of nitrogens with one attached hydrogen (secondary N) is 1. The number of carbonyl (C=O) groups is 5. The molecule has 0 aromatic rings. The zero-order valence-electron chi connectivity index (χ0n) is 20.5. The molecule has 0 spiro atoms. The van der Waals surface area contributed by atoms with E-state index >= 15 is 0 Å². The Labute approximate surface area is 193 Å². The van der Waals surface area contributed by atoms with Gasteiger partial charge in [-0.15, -0.1) is 0 Å². The normalized spacial score (nSPS) is 27.2. The minimum Gasteiger partial charge on any atom is -0.463 e. The van der Waals surface area contributed by atoms with Crippen molar-refractivity contribution >= 4 is 29.8 Å². The fourth-order valence-corrected chi connectivity index (χ4v) is 3.64. The van der Waals surface area contributed by atoms with Crippen molar-refractivity contribution in [2.45, 2.75) is 104 Å². The maximum atomic E-state index is 12.3. The molecule has 0 aromatic carbocycles. The van der Waals surface area contributed by atoms with Crippen LogP contribution in [-0.4, -0.2) is 71.9 Å². The molecule has 5 unspecified atom stereocenters. The van der Waals surface area contributed by atoms with Gasteiger partial charge in [-0.3, -0.25) is 24.0 Å². The molecular formula is C22H35NO10. The van der Waals surface area contributed by atoms with E-state index in [0.717, 1.165) is 6.92 Å². The van der Waals surface area contributed by atoms with Crippen molar-refractivity contribution in [3.8, 4) is 0 Å². The van der Waals surface area contributed by atoms with Gasteiger partial charge < -0.3 is 29.0 Å². The second-order valence-corrected chi connectivity index (χ2v) is 9.18. The van der Waals surface area contributed by atoms with Gasteiger partial charge in [0.15, 0.2) is 12.2 Å². The highest BCUT2D eigenvalue weighted by molar-refractivity contribution is 5.74. The van der Waals surface area contributed by atoms with Crippen LogP contribution in [0.4, 0.5) is 0 Å². The van der Waals surface area contributed by atoms with Crippen LogP contribution in [0, 0.1) is 0 Å². The van der Waals surface area contributed by atoms with Crippen LogP contribution in [0.2, 0.25) is 0 Å². The monoisotopic (exact) mass is 473 g/mol. The average molecular weight is 474 g/mol. The van der Waals surface area contributed by atoms with E-state index in [0.29, 0.717) is 0 Å². The van der Waals surface area contributed by atoms with E-state index in [9.17, 15) is 24.0 Å². The SMILES string of the molecule is CC(=O)NC1C(OC(C)=O)C(OC(C)=O)C(COC(C)=O)OC1(C)CCC(=O)OC(C)(C)C. The fraction of sp³-hybridized carbons (Fsp3) is 0.773. The third kappa shape index (κ3) is 9.37. The minimum atomic E-state index is -1.27. The molecule has 0 bridgehead atoms. The molecule has 1 rings (SSSR count). The van der Waals surface area contributed by atoms with Gasteiger partial charge in [0.2, 0.25) is 5.91 Å². The summed E-state index contributed by atoms with van der Waals surface area (Å²) in [4.78, 5) is 59.5. The number of hydrogen-bond donors (Lipinski definition) is 1. The quantitative estimate of drug-likeness (QED) is 0.403. The Morgan fingerprint density at radius 3 is 1.91 bits per heavy atom. The average Bonchev–Trinajstić information content (AvgIpc) is 2.61. The summed E-state index contributed by atoms with van der Waals surface area (Å²) in [5.74, 6) is -2.91. The fourth-order valence-electron chi connectivity index (χ4n) is 3.64. The maximum absolute atomic E-state index is 12.3. The van der Waals surface area contributed by atoms with E-state index in [1.165, 1.54) is 20.8 Å². The van der Waals surface area contributed by atoms with Crippen molar-refractivity contribution < 1.29 is 47.7 Å². The predicted molar refractivity (Wildman–Crippen MR) is 114 cm³/mol. The van der Waals surface area contributed by atoms with Crippen LogP contribution in [0.1, 0.15) is 68.2 Å². The lowest BCUT2D eigenvalue weighted by atomic mass is 9.80. The molecule has 1 fully saturated rings. The highest BCUT2D eigenvalue weighted by atomic mass is 16.6. The van der Waals surface area contributed by atoms with E-state index in [1.54, 1.807) is 27.7 Å². The zero-order valence-corrected chi connectivity index (χ0v) is 20.5. The van der Waals surface area contributed by atoms with E-state index in [-0.39, 0.29) is 19.4 Å². The second kappa shape index (κ2) is 11.4. The van der Waals surface area contributed by atoms with Crippen molar-refractivity contribution in [3.63, 3.8) is 0 Å². The summed E-state index contributed by atoms with van der Waals surface area (Å²) < 4.78 is 27.4. The molecule has 1 saturated heterocycles. The van der Waals surface area contributed by atoms with Gasteiger partial charge in [0.05, 0.1) is 11.6 Å². The van der Waals surface area contributed by atoms with Gasteiger partial charge in [-0.05, 0) is 34.1 Å². The number of carbonyl (C=O) groups excluding carboxylic acids is 5. The van der Waals surface area contributed by atoms with E-state index in [1.807, 2.05) is 0 Å². The Hall–Kier alpha value is -2.69. The summed E-state index contributed by atoms with van der Waals surface area (Å²) in [6, 6.07) is -0.987. The molecule has 5 atom stereocenters. The third-order valence-corrected chi connectivity index (χ3v) is 4.76. The number of hydrogen-bond acceptors (Lipinski definition) is 10. The lowest BCUT2D eigenvalue weighted by molar-refractivity contribution is -0.251. The van der Waals surface area contributed by atoms with Crippen molar-refractivity contribution in [1.29, 1.82) is 0 Å². The highest BCUT2D eigenvalue weighted by Gasteiger charge is 2.56. The smallest absolute Gasteiger partial charge is 0.306 e. The van der Waals surface area contributed by atoms with Gasteiger partial charge in [-0.25, -0.2) is 0 Å². The zero-order chi connectivity index (χ0) is 25.6. The standard InChI is InChI=1S/C22H35NO10/c1-12(24)23-20-19(31-15(4)27)18(30-14(3)26)16(11-29-13(2)25)32-22(20,8)10-9-17(28)33-21(5,6)7/h16,18-20H,9-11H2,1-8H3,(H,23,24). The maximum Gasteiger partial charge on any atom is 0.306 e. The summed E-state index contributed by atoms with van der Waals surface area (Å²) in [6.45, 7) is 11.3. The molecule has 1 N–H and O–H groups in total. The van der Waals surface area contributed by atoms with Crippen molar-refractivity contribution in [3.05, 3.63) is 0 Å². The first-order valence-electron chi connectivity index (χ1n) is 10.7. The first kappa shape index (κ1) is 28.3. The van der Waals surface area contributed by atoms with E-state index in [2.05, 4.69) is 5.32 Å². The largest absolute Gasteiger partial charge is 0.463 e. The Morgan fingerprint density at radius 2 is 1.45 bits per heavy atom. The molecule has 0 radical (unpaired) electrons. The van der Waals surface area contributed by atoms with Crippen LogP contribution >= 0.6 is 0 Å². The van der Waals surface area contributed by atoms with Gasteiger partial charge >= 0.3 is 23.9 Å². The summed E-state index contributed by atoms with van der Waals surface area (Å²) in [5, 5.41) is 2.70. The van der Waals surface area contributed by atoms with Gasteiger partial charge in [-0.1, -0.05) is 0 Å². The van der Waals surface area contributed by atoms with Crippen molar-refractivity contribution in [2.24, 2.45) is 0 Å². The summed E-state index contributed by atoms with van der Waals surface area (Å²) in [5.41, 5.74) is -1.97. The summed E-state index contributed by atoms with van der Waals surface area (Å²) in [7, 11) is 0. The van der Waals surface area contributed by atoms with Crippen molar-refractivity contribution in [2.75, 3.05) is 6.61 Å². The van der Waals surface area contributed by atoms with Gasteiger partial charge in [0, 0.05) is 34.1 Å². The molecule has 1 heterocycles. The Morgan fingerprint density at radius 1 is 0.909 bits per heavy atom. The Bertz CT molecular complexity index is 759. The van der Waals surface area contributed by atoms with Crippen LogP contribution in [0.5, 0.6) is 0 Å². The van der Waals surface area contributed by atoms with Gasteiger partial charge in [-0.2, -0.15) is 0 Å². The predicted octanol–water partition coefficient (Wildman–Crippen LogP) is 1.20. The first-order valence-corrected chi connectivity index (χ1v) is 10.7. The van der Waals surface area contributed by atoms with Crippen LogP contribution in [0.25, 0.3) is 0 Å². The molecule has 1 aliphatic heterocycles. The topological polar surface area (TPSA) is 144 Å². The van der Waals surface area contributed by atoms with Crippen LogP contribution in [0.15, 0.2) is 0 Å². The number of rotatable bonds is 8. The molecular weight excluding hydrogens is 438 g/mol. The van der Waals surface area contributed by atoms with Crippen molar-refractivity contribution in [1.82, 2.24) is 5.32 Å². The molecule has 33 heavy (non-hydrogen) atoms. The molecule has 11 heteroatoms. The Balaban J connectivity index is 3.37. The molecule has 0 aromatic heterocycles. The highest BCUT2D eigenvalue weighted by Crippen LogP contribution is 2.37. The second-order valence-electron chi connectivity index (χ2n) is 9.18. The number of amides is 1.